The normalized spacial score (nSPS) is 10.6. The Labute approximate surface area is 112 Å². The Morgan fingerprint density at radius 3 is 2.79 bits per heavy atom. The Hall–Kier alpha value is -2.55. The van der Waals surface area contributed by atoms with Gasteiger partial charge in [-0.3, -0.25) is 4.98 Å². The maximum Gasteiger partial charge on any atom is 0.0957 e. The van der Waals surface area contributed by atoms with Gasteiger partial charge in [0.1, 0.15) is 0 Å². The van der Waals surface area contributed by atoms with Crippen LogP contribution in [0.25, 0.3) is 10.9 Å². The number of anilines is 3. The SMILES string of the molecule is Cc1cccc(Nc2ccc(N)c3cccnc23)c1. The third-order valence-corrected chi connectivity index (χ3v) is 3.10. The van der Waals surface area contributed by atoms with Crippen LogP contribution in [-0.2, 0) is 0 Å². The summed E-state index contributed by atoms with van der Waals surface area (Å²) < 4.78 is 0. The molecule has 0 saturated heterocycles. The maximum atomic E-state index is 5.97. The largest absolute Gasteiger partial charge is 0.398 e. The van der Waals surface area contributed by atoms with Crippen LogP contribution in [0.3, 0.4) is 0 Å². The first-order valence-electron chi connectivity index (χ1n) is 6.21. The zero-order chi connectivity index (χ0) is 13.2. The summed E-state index contributed by atoms with van der Waals surface area (Å²) in [5, 5.41) is 4.37. The van der Waals surface area contributed by atoms with Gasteiger partial charge in [-0.2, -0.15) is 0 Å². The molecule has 0 aliphatic carbocycles. The van der Waals surface area contributed by atoms with Crippen molar-refractivity contribution in [1.82, 2.24) is 4.98 Å². The number of nitrogens with zero attached hydrogens (tertiary/aromatic N) is 1. The van der Waals surface area contributed by atoms with E-state index in [-0.39, 0.29) is 0 Å². The van der Waals surface area contributed by atoms with E-state index in [1.54, 1.807) is 6.20 Å². The number of hydrogen-bond acceptors (Lipinski definition) is 3. The molecule has 0 aliphatic rings. The molecular formula is C16H15N3. The van der Waals surface area contributed by atoms with Crippen LogP contribution < -0.4 is 11.1 Å². The lowest BCUT2D eigenvalue weighted by Crippen LogP contribution is -1.95. The number of aryl methyl sites for hydroxylation is 1. The van der Waals surface area contributed by atoms with Crippen LogP contribution in [0.5, 0.6) is 0 Å². The minimum Gasteiger partial charge on any atom is -0.398 e. The number of benzene rings is 2. The van der Waals surface area contributed by atoms with Crippen LogP contribution in [-0.4, -0.2) is 4.98 Å². The first-order valence-corrected chi connectivity index (χ1v) is 6.21. The summed E-state index contributed by atoms with van der Waals surface area (Å²) in [5.74, 6) is 0. The second-order valence-corrected chi connectivity index (χ2v) is 4.60. The van der Waals surface area contributed by atoms with Gasteiger partial charge in [0.15, 0.2) is 0 Å². The molecule has 94 valence electrons. The Bertz CT molecular complexity index is 735. The van der Waals surface area contributed by atoms with Crippen molar-refractivity contribution in [3.63, 3.8) is 0 Å². The number of fused-ring (bicyclic) bond motifs is 1. The van der Waals surface area contributed by atoms with E-state index >= 15 is 0 Å². The summed E-state index contributed by atoms with van der Waals surface area (Å²) in [6.07, 6.45) is 1.78. The molecule has 0 fully saturated rings. The van der Waals surface area contributed by atoms with E-state index < -0.39 is 0 Å². The molecule has 0 atom stereocenters. The van der Waals surface area contributed by atoms with Gasteiger partial charge >= 0.3 is 0 Å². The molecule has 0 unspecified atom stereocenters. The zero-order valence-electron chi connectivity index (χ0n) is 10.7. The van der Waals surface area contributed by atoms with E-state index in [0.29, 0.717) is 0 Å². The molecule has 2 aromatic carbocycles. The van der Waals surface area contributed by atoms with Gasteiger partial charge in [-0.05, 0) is 48.9 Å². The van der Waals surface area contributed by atoms with Crippen LogP contribution in [0.1, 0.15) is 5.56 Å². The predicted octanol–water partition coefficient (Wildman–Crippen LogP) is 3.87. The van der Waals surface area contributed by atoms with Crippen LogP contribution in [0.2, 0.25) is 0 Å². The Morgan fingerprint density at radius 1 is 1.05 bits per heavy atom. The fourth-order valence-electron chi connectivity index (χ4n) is 2.17. The highest BCUT2D eigenvalue weighted by Gasteiger charge is 2.05. The molecule has 3 aromatic rings. The van der Waals surface area contributed by atoms with Crippen molar-refractivity contribution in [2.24, 2.45) is 0 Å². The summed E-state index contributed by atoms with van der Waals surface area (Å²) in [6.45, 7) is 2.07. The Morgan fingerprint density at radius 2 is 1.95 bits per heavy atom. The molecule has 3 nitrogen and oxygen atoms in total. The molecule has 0 amide bonds. The predicted molar refractivity (Wildman–Crippen MR) is 80.6 cm³/mol. The summed E-state index contributed by atoms with van der Waals surface area (Å²) in [7, 11) is 0. The van der Waals surface area contributed by atoms with Gasteiger partial charge in [0.2, 0.25) is 0 Å². The molecule has 19 heavy (non-hydrogen) atoms. The van der Waals surface area contributed by atoms with Crippen molar-refractivity contribution in [3.8, 4) is 0 Å². The van der Waals surface area contributed by atoms with Gasteiger partial charge in [-0.15, -0.1) is 0 Å². The fourth-order valence-corrected chi connectivity index (χ4v) is 2.17. The summed E-state index contributed by atoms with van der Waals surface area (Å²) >= 11 is 0. The van der Waals surface area contributed by atoms with Gasteiger partial charge in [0.05, 0.1) is 11.2 Å². The summed E-state index contributed by atoms with van der Waals surface area (Å²) in [6, 6.07) is 16.0. The molecule has 3 rings (SSSR count). The number of nitrogens with one attached hydrogen (secondary N) is 1. The van der Waals surface area contributed by atoms with E-state index in [1.807, 2.05) is 36.4 Å². The third-order valence-electron chi connectivity index (χ3n) is 3.10. The second kappa shape index (κ2) is 4.61. The maximum absolute atomic E-state index is 5.97. The highest BCUT2D eigenvalue weighted by Crippen LogP contribution is 2.28. The topological polar surface area (TPSA) is 50.9 Å². The van der Waals surface area contributed by atoms with Crippen molar-refractivity contribution in [2.75, 3.05) is 11.1 Å². The Kier molecular flexibility index (Phi) is 2.80. The molecule has 1 heterocycles. The van der Waals surface area contributed by atoms with E-state index in [1.165, 1.54) is 5.56 Å². The highest BCUT2D eigenvalue weighted by atomic mass is 14.9. The summed E-state index contributed by atoms with van der Waals surface area (Å²) in [5.41, 5.74) is 10.9. The molecule has 1 aromatic heterocycles. The van der Waals surface area contributed by atoms with Crippen molar-refractivity contribution in [3.05, 3.63) is 60.3 Å². The lowest BCUT2D eigenvalue weighted by atomic mass is 10.1. The Balaban J connectivity index is 2.09. The van der Waals surface area contributed by atoms with Crippen LogP contribution in [0.4, 0.5) is 17.1 Å². The number of nitrogens with two attached hydrogens (primary N) is 1. The lowest BCUT2D eigenvalue weighted by molar-refractivity contribution is 1.40. The van der Waals surface area contributed by atoms with Crippen molar-refractivity contribution in [1.29, 1.82) is 0 Å². The van der Waals surface area contributed by atoms with Crippen LogP contribution in [0.15, 0.2) is 54.7 Å². The quantitative estimate of drug-likeness (QED) is 0.678. The molecule has 3 heteroatoms. The number of nitrogen functional groups attached to an aromatic ring is 1. The van der Waals surface area contributed by atoms with Gasteiger partial charge in [-0.1, -0.05) is 12.1 Å². The monoisotopic (exact) mass is 249 g/mol. The van der Waals surface area contributed by atoms with E-state index in [2.05, 4.69) is 29.4 Å². The second-order valence-electron chi connectivity index (χ2n) is 4.60. The van der Waals surface area contributed by atoms with Crippen molar-refractivity contribution in [2.45, 2.75) is 6.92 Å². The molecule has 0 saturated carbocycles. The fraction of sp³-hybridized carbons (Fsp3) is 0.0625. The average molecular weight is 249 g/mol. The average Bonchev–Trinajstić information content (AvgIpc) is 2.42. The molecule has 0 spiro atoms. The molecule has 0 bridgehead atoms. The van der Waals surface area contributed by atoms with E-state index in [9.17, 15) is 0 Å². The number of rotatable bonds is 2. The number of hydrogen-bond donors (Lipinski definition) is 2. The van der Waals surface area contributed by atoms with Crippen LogP contribution in [0, 0.1) is 6.92 Å². The standard InChI is InChI=1S/C16H15N3/c1-11-4-2-5-12(10-11)19-15-8-7-14(17)13-6-3-9-18-16(13)15/h2-10,19H,17H2,1H3. The minimum atomic E-state index is 0.748. The molecule has 3 N–H and O–H groups in total. The van der Waals surface area contributed by atoms with Crippen molar-refractivity contribution >= 4 is 28.0 Å². The van der Waals surface area contributed by atoms with Gasteiger partial charge in [0.25, 0.3) is 0 Å². The third kappa shape index (κ3) is 2.22. The lowest BCUT2D eigenvalue weighted by Gasteiger charge is -2.11. The number of aromatic nitrogens is 1. The first-order chi connectivity index (χ1) is 9.24. The summed E-state index contributed by atoms with van der Waals surface area (Å²) in [4.78, 5) is 4.42. The van der Waals surface area contributed by atoms with Gasteiger partial charge in [0, 0.05) is 23.0 Å². The number of pyridine rings is 1. The highest BCUT2D eigenvalue weighted by molar-refractivity contribution is 5.99. The zero-order valence-corrected chi connectivity index (χ0v) is 10.7. The van der Waals surface area contributed by atoms with E-state index in [0.717, 1.165) is 28.0 Å². The first kappa shape index (κ1) is 11.5. The molecule has 0 aliphatic heterocycles. The molecule has 0 radical (unpaired) electrons. The van der Waals surface area contributed by atoms with Gasteiger partial charge < -0.3 is 11.1 Å². The van der Waals surface area contributed by atoms with Gasteiger partial charge in [-0.25, -0.2) is 0 Å². The van der Waals surface area contributed by atoms with Crippen molar-refractivity contribution < 1.29 is 0 Å². The van der Waals surface area contributed by atoms with E-state index in [4.69, 9.17) is 5.73 Å². The minimum absolute atomic E-state index is 0.748. The van der Waals surface area contributed by atoms with Crippen LogP contribution >= 0.6 is 0 Å². The molecular weight excluding hydrogens is 234 g/mol. The smallest absolute Gasteiger partial charge is 0.0957 e.